The first kappa shape index (κ1) is 14.3. The Labute approximate surface area is 104 Å². The van der Waals surface area contributed by atoms with Gasteiger partial charge in [0.05, 0.1) is 5.75 Å². The summed E-state index contributed by atoms with van der Waals surface area (Å²) in [5.74, 6) is 1.36. The maximum Gasteiger partial charge on any atom is 0.214 e. The van der Waals surface area contributed by atoms with Gasteiger partial charge in [0.15, 0.2) is 0 Å². The zero-order valence-electron chi connectivity index (χ0n) is 10.4. The Hall–Kier alpha value is 0.200. The first-order valence-electron chi connectivity index (χ1n) is 5.78. The van der Waals surface area contributed by atoms with E-state index < -0.39 is 10.0 Å². The topological polar surface area (TPSA) is 37.4 Å². The van der Waals surface area contributed by atoms with Crippen molar-refractivity contribution in [3.05, 3.63) is 0 Å². The summed E-state index contributed by atoms with van der Waals surface area (Å²) in [5.41, 5.74) is -0.178. The monoisotopic (exact) mass is 267 g/mol. The van der Waals surface area contributed by atoms with E-state index >= 15 is 0 Å². The van der Waals surface area contributed by atoms with Crippen LogP contribution in [0.2, 0.25) is 0 Å². The summed E-state index contributed by atoms with van der Waals surface area (Å²) >= 11 is 5.78. The molecule has 0 aromatic rings. The molecular weight excluding hydrogens is 246 g/mol. The molecule has 1 heterocycles. The molecule has 0 bridgehead atoms. The Kier molecular flexibility index (Phi) is 4.66. The second kappa shape index (κ2) is 5.23. The van der Waals surface area contributed by atoms with Crippen LogP contribution in [0.1, 0.15) is 33.6 Å². The summed E-state index contributed by atoms with van der Waals surface area (Å²) < 4.78 is 25.8. The van der Waals surface area contributed by atoms with Gasteiger partial charge in [-0.15, -0.1) is 11.6 Å². The van der Waals surface area contributed by atoms with E-state index in [0.717, 1.165) is 12.8 Å². The average molecular weight is 268 g/mol. The molecule has 0 aromatic heterocycles. The lowest BCUT2D eigenvalue weighted by atomic mass is 10.0. The highest BCUT2D eigenvalue weighted by Gasteiger charge is 2.30. The largest absolute Gasteiger partial charge is 0.214 e. The standard InChI is InChI=1S/C11H22ClNO2S/c1-11(2,3)9-16(14,15)13-6-4-10(8-12)5-7-13/h10H,4-9H2,1-3H3. The highest BCUT2D eigenvalue weighted by atomic mass is 35.5. The maximum atomic E-state index is 12.1. The molecule has 0 atom stereocenters. The number of nitrogens with zero attached hydrogens (tertiary/aromatic N) is 1. The zero-order chi connectivity index (χ0) is 12.4. The lowest BCUT2D eigenvalue weighted by Crippen LogP contribution is -2.42. The van der Waals surface area contributed by atoms with Crippen LogP contribution in [-0.2, 0) is 10.0 Å². The second-order valence-electron chi connectivity index (χ2n) is 5.81. The molecular formula is C11H22ClNO2S. The minimum atomic E-state index is -3.08. The molecule has 0 unspecified atom stereocenters. The lowest BCUT2D eigenvalue weighted by molar-refractivity contribution is 0.286. The van der Waals surface area contributed by atoms with E-state index in [-0.39, 0.29) is 11.2 Å². The average Bonchev–Trinajstić information content (AvgIpc) is 2.14. The summed E-state index contributed by atoms with van der Waals surface area (Å²) in [5, 5.41) is 0. The smallest absolute Gasteiger partial charge is 0.212 e. The zero-order valence-corrected chi connectivity index (χ0v) is 11.9. The molecule has 5 heteroatoms. The van der Waals surface area contributed by atoms with Gasteiger partial charge < -0.3 is 0 Å². The first-order valence-corrected chi connectivity index (χ1v) is 7.93. The fraction of sp³-hybridized carbons (Fsp3) is 1.00. The summed E-state index contributed by atoms with van der Waals surface area (Å²) in [6.45, 7) is 7.13. The first-order chi connectivity index (χ1) is 7.24. The third kappa shape index (κ3) is 4.22. The van der Waals surface area contributed by atoms with Crippen LogP contribution in [-0.4, -0.2) is 37.4 Å². The number of piperidine rings is 1. The predicted octanol–water partition coefficient (Wildman–Crippen LogP) is 2.31. The molecule has 0 spiro atoms. The number of sulfonamides is 1. The molecule has 1 aliphatic heterocycles. The molecule has 0 N–H and O–H groups in total. The molecule has 0 aliphatic carbocycles. The van der Waals surface area contributed by atoms with Crippen LogP contribution in [0.15, 0.2) is 0 Å². The summed E-state index contributed by atoms with van der Waals surface area (Å²) in [7, 11) is -3.08. The molecule has 0 amide bonds. The molecule has 1 saturated heterocycles. The van der Waals surface area contributed by atoms with Crippen molar-refractivity contribution in [3.8, 4) is 0 Å². The quantitative estimate of drug-likeness (QED) is 0.736. The number of alkyl halides is 1. The van der Waals surface area contributed by atoms with Crippen molar-refractivity contribution < 1.29 is 8.42 Å². The van der Waals surface area contributed by atoms with Crippen LogP contribution in [0.3, 0.4) is 0 Å². The van der Waals surface area contributed by atoms with Crippen molar-refractivity contribution in [1.82, 2.24) is 4.31 Å². The SMILES string of the molecule is CC(C)(C)CS(=O)(=O)N1CCC(CCl)CC1. The minimum absolute atomic E-state index is 0.178. The minimum Gasteiger partial charge on any atom is -0.212 e. The Bertz CT molecular complexity index is 313. The van der Waals surface area contributed by atoms with E-state index in [1.54, 1.807) is 4.31 Å². The van der Waals surface area contributed by atoms with Crippen molar-refractivity contribution in [3.63, 3.8) is 0 Å². The molecule has 1 fully saturated rings. The van der Waals surface area contributed by atoms with E-state index in [0.29, 0.717) is 24.9 Å². The molecule has 1 aliphatic rings. The van der Waals surface area contributed by atoms with Gasteiger partial charge in [0.2, 0.25) is 10.0 Å². The lowest BCUT2D eigenvalue weighted by Gasteiger charge is -2.32. The van der Waals surface area contributed by atoms with Crippen molar-refractivity contribution in [1.29, 1.82) is 0 Å². The molecule has 3 nitrogen and oxygen atoms in total. The highest BCUT2D eigenvalue weighted by molar-refractivity contribution is 7.89. The predicted molar refractivity (Wildman–Crippen MR) is 68.3 cm³/mol. The van der Waals surface area contributed by atoms with E-state index in [2.05, 4.69) is 0 Å². The van der Waals surface area contributed by atoms with Crippen molar-refractivity contribution in [2.75, 3.05) is 24.7 Å². The Morgan fingerprint density at radius 3 is 2.12 bits per heavy atom. The third-order valence-electron chi connectivity index (χ3n) is 2.80. The van der Waals surface area contributed by atoms with Gasteiger partial charge in [-0.05, 0) is 24.2 Å². The summed E-state index contributed by atoms with van der Waals surface area (Å²) in [4.78, 5) is 0. The fourth-order valence-electron chi connectivity index (χ4n) is 1.98. The van der Waals surface area contributed by atoms with Gasteiger partial charge >= 0.3 is 0 Å². The van der Waals surface area contributed by atoms with Crippen molar-refractivity contribution in [2.24, 2.45) is 11.3 Å². The van der Waals surface area contributed by atoms with Gasteiger partial charge in [-0.2, -0.15) is 0 Å². The van der Waals surface area contributed by atoms with E-state index in [1.807, 2.05) is 20.8 Å². The Morgan fingerprint density at radius 1 is 1.25 bits per heavy atom. The van der Waals surface area contributed by atoms with E-state index in [4.69, 9.17) is 11.6 Å². The third-order valence-corrected chi connectivity index (χ3v) is 5.62. The molecule has 96 valence electrons. The van der Waals surface area contributed by atoms with Crippen LogP contribution in [0, 0.1) is 11.3 Å². The van der Waals surface area contributed by atoms with Gasteiger partial charge in [-0.1, -0.05) is 20.8 Å². The molecule has 0 radical (unpaired) electrons. The fourth-order valence-corrected chi connectivity index (χ4v) is 4.33. The van der Waals surface area contributed by atoms with Gasteiger partial charge in [0, 0.05) is 19.0 Å². The van der Waals surface area contributed by atoms with E-state index in [1.165, 1.54) is 0 Å². The number of halogens is 1. The van der Waals surface area contributed by atoms with Crippen LogP contribution in [0.4, 0.5) is 0 Å². The normalized spacial score (nSPS) is 21.2. The number of rotatable bonds is 3. The van der Waals surface area contributed by atoms with Crippen LogP contribution in [0.25, 0.3) is 0 Å². The van der Waals surface area contributed by atoms with Gasteiger partial charge in [0.25, 0.3) is 0 Å². The highest BCUT2D eigenvalue weighted by Crippen LogP contribution is 2.24. The van der Waals surface area contributed by atoms with Crippen LogP contribution >= 0.6 is 11.6 Å². The van der Waals surface area contributed by atoms with Gasteiger partial charge in [-0.25, -0.2) is 12.7 Å². The number of hydrogen-bond acceptors (Lipinski definition) is 2. The van der Waals surface area contributed by atoms with Crippen LogP contribution < -0.4 is 0 Å². The molecule has 1 rings (SSSR count). The van der Waals surface area contributed by atoms with Crippen molar-refractivity contribution in [2.45, 2.75) is 33.6 Å². The van der Waals surface area contributed by atoms with E-state index in [9.17, 15) is 8.42 Å². The van der Waals surface area contributed by atoms with Crippen molar-refractivity contribution >= 4 is 21.6 Å². The summed E-state index contributed by atoms with van der Waals surface area (Å²) in [6.07, 6.45) is 1.79. The Morgan fingerprint density at radius 2 is 1.75 bits per heavy atom. The Balaban J connectivity index is 2.59. The second-order valence-corrected chi connectivity index (χ2v) is 8.09. The molecule has 0 saturated carbocycles. The maximum absolute atomic E-state index is 12.1. The summed E-state index contributed by atoms with van der Waals surface area (Å²) in [6, 6.07) is 0. The van der Waals surface area contributed by atoms with Gasteiger partial charge in [-0.3, -0.25) is 0 Å². The number of hydrogen-bond donors (Lipinski definition) is 0. The molecule has 0 aromatic carbocycles. The molecule has 16 heavy (non-hydrogen) atoms. The van der Waals surface area contributed by atoms with Crippen LogP contribution in [0.5, 0.6) is 0 Å². The van der Waals surface area contributed by atoms with Gasteiger partial charge in [0.1, 0.15) is 0 Å².